The van der Waals surface area contributed by atoms with Crippen molar-refractivity contribution in [3.63, 3.8) is 0 Å². The second-order valence-electron chi connectivity index (χ2n) is 6.36. The van der Waals surface area contributed by atoms with E-state index in [0.29, 0.717) is 5.54 Å². The van der Waals surface area contributed by atoms with Gasteiger partial charge in [-0.05, 0) is 23.9 Å². The van der Waals surface area contributed by atoms with Crippen LogP contribution in [0.15, 0.2) is 30.3 Å². The molecule has 0 aliphatic heterocycles. The molecule has 0 saturated carbocycles. The molecule has 1 N–H and O–H groups in total. The Morgan fingerprint density at radius 1 is 1.11 bits per heavy atom. The monoisotopic (exact) mass is 264 g/mol. The Bertz CT molecular complexity index is 329. The van der Waals surface area contributed by atoms with Crippen LogP contribution in [0.25, 0.3) is 0 Å². The quantitative estimate of drug-likeness (QED) is 0.714. The summed E-state index contributed by atoms with van der Waals surface area (Å²) in [6.45, 7) is 9.38. The predicted octanol–water partition coefficient (Wildman–Crippen LogP) is 4.59. The molecule has 0 saturated heterocycles. The minimum absolute atomic E-state index is 0.137. The van der Waals surface area contributed by atoms with Gasteiger partial charge in [-0.1, -0.05) is 69.7 Å². The Kier molecular flexibility index (Phi) is 6.10. The van der Waals surface area contributed by atoms with Gasteiger partial charge in [0, 0.05) is 0 Å². The highest BCUT2D eigenvalue weighted by Gasteiger charge is 2.29. The number of benzene rings is 1. The molecule has 1 aromatic rings. The first-order valence-electron chi connectivity index (χ1n) is 7.18. The lowest BCUT2D eigenvalue weighted by Gasteiger charge is -2.31. The Labute approximate surface area is 113 Å². The molecule has 1 rings (SSSR count). The van der Waals surface area contributed by atoms with E-state index in [1.807, 2.05) is 0 Å². The van der Waals surface area contributed by atoms with Gasteiger partial charge in [0.25, 0.3) is 0 Å². The number of aliphatic hydroxyl groups is 1. The Balaban J connectivity index is 2.75. The predicted molar refractivity (Wildman–Crippen MR) is 82.7 cm³/mol. The van der Waals surface area contributed by atoms with Crippen LogP contribution in [0.2, 0.25) is 19.6 Å². The summed E-state index contributed by atoms with van der Waals surface area (Å²) in [6, 6.07) is 10.7. The first-order chi connectivity index (χ1) is 8.45. The highest BCUT2D eigenvalue weighted by molar-refractivity contribution is 6.77. The highest BCUT2D eigenvalue weighted by atomic mass is 28.3. The summed E-state index contributed by atoms with van der Waals surface area (Å²) in [5, 5.41) is 10.2. The van der Waals surface area contributed by atoms with Gasteiger partial charge in [-0.25, -0.2) is 0 Å². The third-order valence-electron chi connectivity index (χ3n) is 3.65. The Morgan fingerprint density at radius 3 is 2.22 bits per heavy atom. The Morgan fingerprint density at radius 2 is 1.72 bits per heavy atom. The van der Waals surface area contributed by atoms with Crippen LogP contribution in [0.1, 0.15) is 43.7 Å². The molecule has 18 heavy (non-hydrogen) atoms. The van der Waals surface area contributed by atoms with Crippen molar-refractivity contribution < 1.29 is 5.11 Å². The summed E-state index contributed by atoms with van der Waals surface area (Å²) in [4.78, 5) is 0. The largest absolute Gasteiger partial charge is 0.393 e. The maximum atomic E-state index is 10.2. The topological polar surface area (TPSA) is 20.2 Å². The molecule has 102 valence electrons. The van der Waals surface area contributed by atoms with Crippen LogP contribution in [0.4, 0.5) is 0 Å². The zero-order chi connectivity index (χ0) is 13.6. The first kappa shape index (κ1) is 15.5. The van der Waals surface area contributed by atoms with Gasteiger partial charge in [0.05, 0.1) is 14.2 Å². The molecule has 0 unspecified atom stereocenters. The van der Waals surface area contributed by atoms with E-state index in [-0.39, 0.29) is 6.10 Å². The van der Waals surface area contributed by atoms with Gasteiger partial charge in [0.15, 0.2) is 0 Å². The number of rotatable bonds is 7. The molecule has 1 aromatic carbocycles. The molecule has 0 heterocycles. The standard InChI is InChI=1S/C16H28OSi/c1-5-6-12-15(17)13-16(18(2,3)4)14-10-8-7-9-11-14/h7-11,15-17H,5-6,12-13H2,1-4H3/t15-,16-/m1/s1. The average molecular weight is 264 g/mol. The minimum Gasteiger partial charge on any atom is -0.393 e. The van der Waals surface area contributed by atoms with Crippen molar-refractivity contribution in [2.24, 2.45) is 0 Å². The van der Waals surface area contributed by atoms with Gasteiger partial charge in [-0.3, -0.25) is 0 Å². The maximum Gasteiger partial charge on any atom is 0.0543 e. The fraction of sp³-hybridized carbons (Fsp3) is 0.625. The van der Waals surface area contributed by atoms with Crippen molar-refractivity contribution in [3.05, 3.63) is 35.9 Å². The van der Waals surface area contributed by atoms with Gasteiger partial charge in [-0.15, -0.1) is 0 Å². The van der Waals surface area contributed by atoms with E-state index in [2.05, 4.69) is 56.9 Å². The summed E-state index contributed by atoms with van der Waals surface area (Å²) < 4.78 is 0. The van der Waals surface area contributed by atoms with Crippen molar-refractivity contribution in [3.8, 4) is 0 Å². The molecular weight excluding hydrogens is 236 g/mol. The van der Waals surface area contributed by atoms with Crippen molar-refractivity contribution in [2.45, 2.75) is 63.9 Å². The number of hydrogen-bond donors (Lipinski definition) is 1. The van der Waals surface area contributed by atoms with E-state index in [4.69, 9.17) is 0 Å². The molecule has 0 aliphatic rings. The molecule has 1 nitrogen and oxygen atoms in total. The van der Waals surface area contributed by atoms with Crippen molar-refractivity contribution in [1.29, 1.82) is 0 Å². The van der Waals surface area contributed by atoms with Crippen molar-refractivity contribution in [1.82, 2.24) is 0 Å². The van der Waals surface area contributed by atoms with Gasteiger partial charge in [0.1, 0.15) is 0 Å². The number of aliphatic hydroxyl groups excluding tert-OH is 1. The molecule has 0 amide bonds. The Hall–Kier alpha value is -0.603. The van der Waals surface area contributed by atoms with E-state index < -0.39 is 8.07 Å². The fourth-order valence-corrected chi connectivity index (χ4v) is 4.68. The minimum atomic E-state index is -1.29. The molecule has 0 radical (unpaired) electrons. The van der Waals surface area contributed by atoms with Crippen molar-refractivity contribution in [2.75, 3.05) is 0 Å². The zero-order valence-corrected chi connectivity index (χ0v) is 13.3. The summed E-state index contributed by atoms with van der Waals surface area (Å²) in [7, 11) is -1.29. The number of hydrogen-bond acceptors (Lipinski definition) is 1. The molecule has 0 spiro atoms. The molecule has 0 aliphatic carbocycles. The molecule has 0 bridgehead atoms. The maximum absolute atomic E-state index is 10.2. The third-order valence-corrected chi connectivity index (χ3v) is 6.31. The lowest BCUT2D eigenvalue weighted by molar-refractivity contribution is 0.149. The first-order valence-corrected chi connectivity index (χ1v) is 10.8. The molecule has 2 atom stereocenters. The van der Waals surface area contributed by atoms with E-state index in [0.717, 1.165) is 19.3 Å². The number of unbranched alkanes of at least 4 members (excludes halogenated alkanes) is 1. The van der Waals surface area contributed by atoms with E-state index in [9.17, 15) is 5.11 Å². The van der Waals surface area contributed by atoms with E-state index in [1.54, 1.807) is 0 Å². The SMILES string of the molecule is CCCC[C@@H](O)C[C@H](c1ccccc1)[Si](C)(C)C. The van der Waals surface area contributed by atoms with Crippen LogP contribution in [0.3, 0.4) is 0 Å². The van der Waals surface area contributed by atoms with Gasteiger partial charge >= 0.3 is 0 Å². The lowest BCUT2D eigenvalue weighted by atomic mass is 10.0. The second-order valence-corrected chi connectivity index (χ2v) is 11.8. The van der Waals surface area contributed by atoms with Crippen LogP contribution in [0.5, 0.6) is 0 Å². The zero-order valence-electron chi connectivity index (χ0n) is 12.3. The van der Waals surface area contributed by atoms with Crippen LogP contribution in [-0.4, -0.2) is 19.3 Å². The van der Waals surface area contributed by atoms with E-state index >= 15 is 0 Å². The summed E-state index contributed by atoms with van der Waals surface area (Å²) in [5.74, 6) is 0. The summed E-state index contributed by atoms with van der Waals surface area (Å²) in [6.07, 6.45) is 4.04. The lowest BCUT2D eigenvalue weighted by Crippen LogP contribution is -2.33. The summed E-state index contributed by atoms with van der Waals surface area (Å²) >= 11 is 0. The van der Waals surface area contributed by atoms with E-state index in [1.165, 1.54) is 12.0 Å². The van der Waals surface area contributed by atoms with Gasteiger partial charge < -0.3 is 5.11 Å². The van der Waals surface area contributed by atoms with Crippen LogP contribution < -0.4 is 0 Å². The molecular formula is C16H28OSi. The van der Waals surface area contributed by atoms with Crippen LogP contribution in [0, 0.1) is 0 Å². The van der Waals surface area contributed by atoms with Crippen molar-refractivity contribution >= 4 is 8.07 Å². The second kappa shape index (κ2) is 7.10. The average Bonchev–Trinajstić information content (AvgIpc) is 2.33. The summed E-state index contributed by atoms with van der Waals surface area (Å²) in [5.41, 5.74) is 1.97. The molecule has 2 heteroatoms. The van der Waals surface area contributed by atoms with Crippen LogP contribution >= 0.6 is 0 Å². The van der Waals surface area contributed by atoms with Gasteiger partial charge in [-0.2, -0.15) is 0 Å². The third kappa shape index (κ3) is 4.95. The fourth-order valence-electron chi connectivity index (χ4n) is 2.50. The molecule has 0 aromatic heterocycles. The highest BCUT2D eigenvalue weighted by Crippen LogP contribution is 2.32. The normalized spacial score (nSPS) is 15.4. The smallest absolute Gasteiger partial charge is 0.0543 e. The molecule has 0 fully saturated rings. The van der Waals surface area contributed by atoms with Crippen LogP contribution in [-0.2, 0) is 0 Å². The van der Waals surface area contributed by atoms with Gasteiger partial charge in [0.2, 0.25) is 0 Å².